The van der Waals surface area contributed by atoms with E-state index < -0.39 is 52.6 Å². The van der Waals surface area contributed by atoms with E-state index in [1.165, 1.54) is 23.7 Å². The second-order valence-electron chi connectivity index (χ2n) is 18.1. The number of likely N-dealkylation sites (tertiary alicyclic amines) is 1. The Morgan fingerprint density at radius 3 is 2.12 bits per heavy atom. The second kappa shape index (κ2) is 28.3. The lowest BCUT2D eigenvalue weighted by molar-refractivity contribution is -0.145. The maximum atomic E-state index is 14.5. The summed E-state index contributed by atoms with van der Waals surface area (Å²) >= 11 is 5.45. The van der Waals surface area contributed by atoms with Gasteiger partial charge < -0.3 is 36.1 Å². The van der Waals surface area contributed by atoms with E-state index in [0.717, 1.165) is 49.7 Å². The Morgan fingerprint density at radius 1 is 0.913 bits per heavy atom. The predicted octanol–water partition coefficient (Wildman–Crippen LogP) is 7.43. The summed E-state index contributed by atoms with van der Waals surface area (Å²) in [5, 5.41) is 34.9. The summed E-state index contributed by atoms with van der Waals surface area (Å²) in [6.07, 6.45) is 19.9. The molecule has 3 aromatic heterocycles. The van der Waals surface area contributed by atoms with Gasteiger partial charge in [-0.25, -0.2) is 0 Å². The van der Waals surface area contributed by atoms with Gasteiger partial charge in [0.15, 0.2) is 10.8 Å². The number of nitrogens with one attached hydrogen (secondary N) is 3. The highest BCUT2D eigenvalue weighted by Gasteiger charge is 2.55. The Balaban J connectivity index is 0.000000615. The van der Waals surface area contributed by atoms with Crippen molar-refractivity contribution in [2.45, 2.75) is 157 Å². The third-order valence-electron chi connectivity index (χ3n) is 11.7. The summed E-state index contributed by atoms with van der Waals surface area (Å²) in [7, 11) is 0. The zero-order valence-corrected chi connectivity index (χ0v) is 38.7. The highest BCUT2D eigenvalue weighted by molar-refractivity contribution is 6.69. The molecule has 7 rings (SSSR count). The van der Waals surface area contributed by atoms with Gasteiger partial charge in [0.25, 0.3) is 5.91 Å². The number of carbonyl (C=O) groups excluding carboxylic acids is 5. The molecule has 19 heteroatoms. The standard InChI is InChI=1S/C35H50N6O6.C6H5ClN2O.C6H6N2O.3CH4/c1-5-10-25(29(43)32(45)37-24-14-15-24)38-31(44)27-19-35(18-26(40-47-35)23-13-9-16-36-20-23)21-41(27)33(46)30(34(2,3)4)39-28(42)17-22-11-7-6-8-12-22;7-6(9-10)5-2-1-3-8-4-5;9-8-5-6-2-1-3-7-4-6;;;/h9,13,16,20,22,24-25,27,30H,5-8,10-12,14-15,17-19,21H2,1-4H3,(H,37,45)(H,38,44)(H,39,42);1-4,10H;1-5,9H;3*1H4/b;9-6+;8-5-;;;/t25-,27-,30+,35+;;;;;/m0...../s1. The number of aromatic nitrogens is 3. The average Bonchev–Trinajstić information content (AvgIpc) is 3.92. The van der Waals surface area contributed by atoms with Crippen LogP contribution in [0.25, 0.3) is 0 Å². The first-order valence-corrected chi connectivity index (χ1v) is 22.8. The third-order valence-corrected chi connectivity index (χ3v) is 12.0. The van der Waals surface area contributed by atoms with E-state index in [-0.39, 0.29) is 58.8 Å². The van der Waals surface area contributed by atoms with Crippen molar-refractivity contribution in [1.82, 2.24) is 35.8 Å². The Morgan fingerprint density at radius 2 is 1.57 bits per heavy atom. The fourth-order valence-electron chi connectivity index (χ4n) is 8.03. The van der Waals surface area contributed by atoms with Crippen LogP contribution in [0.4, 0.5) is 0 Å². The lowest BCUT2D eigenvalue weighted by Gasteiger charge is -2.36. The minimum atomic E-state index is -1.03. The van der Waals surface area contributed by atoms with Gasteiger partial charge in [-0.1, -0.05) is 109 Å². The van der Waals surface area contributed by atoms with Crippen molar-refractivity contribution in [1.29, 1.82) is 0 Å². The highest BCUT2D eigenvalue weighted by Crippen LogP contribution is 2.40. The second-order valence-corrected chi connectivity index (χ2v) is 18.5. The molecular weight excluding hydrogens is 904 g/mol. The number of hydrogen-bond donors (Lipinski definition) is 5. The third kappa shape index (κ3) is 17.6. The predicted molar refractivity (Wildman–Crippen MR) is 267 cm³/mol. The van der Waals surface area contributed by atoms with Crippen LogP contribution in [0.3, 0.4) is 0 Å². The number of carbonyl (C=O) groups is 5. The van der Waals surface area contributed by atoms with Crippen LogP contribution < -0.4 is 16.0 Å². The topological polar surface area (TPSA) is 250 Å². The van der Waals surface area contributed by atoms with E-state index >= 15 is 0 Å². The quantitative estimate of drug-likeness (QED) is 0.0460. The molecule has 5 heterocycles. The Kier molecular flexibility index (Phi) is 24.1. The van der Waals surface area contributed by atoms with Crippen LogP contribution in [0.1, 0.15) is 144 Å². The lowest BCUT2D eigenvalue weighted by Crippen LogP contribution is -2.59. The molecule has 3 aromatic rings. The largest absolute Gasteiger partial charge is 0.411 e. The molecule has 378 valence electrons. The number of amides is 4. The summed E-state index contributed by atoms with van der Waals surface area (Å²) < 4.78 is 0. The minimum Gasteiger partial charge on any atom is -0.411 e. The number of ketones is 1. The first-order chi connectivity index (χ1) is 31.7. The smallest absolute Gasteiger partial charge is 0.289 e. The maximum absolute atomic E-state index is 14.5. The van der Waals surface area contributed by atoms with Crippen molar-refractivity contribution in [3.63, 3.8) is 0 Å². The van der Waals surface area contributed by atoms with Gasteiger partial charge in [-0.15, -0.1) is 0 Å². The lowest BCUT2D eigenvalue weighted by atomic mass is 9.84. The Labute approximate surface area is 412 Å². The van der Waals surface area contributed by atoms with E-state index in [1.807, 2.05) is 33.8 Å². The molecule has 0 unspecified atom stereocenters. The van der Waals surface area contributed by atoms with Crippen LogP contribution in [0.2, 0.25) is 0 Å². The summed E-state index contributed by atoms with van der Waals surface area (Å²) in [6, 6.07) is 7.73. The van der Waals surface area contributed by atoms with Gasteiger partial charge in [-0.05, 0) is 73.8 Å². The van der Waals surface area contributed by atoms with Crippen molar-refractivity contribution in [2.24, 2.45) is 26.8 Å². The summed E-state index contributed by atoms with van der Waals surface area (Å²) in [5.74, 6) is -2.21. The number of rotatable bonds is 14. The number of nitrogens with zero attached hydrogens (tertiary/aromatic N) is 7. The normalized spacial score (nSPS) is 19.5. The fraction of sp³-hybridized carbons (Fsp3) is 0.540. The van der Waals surface area contributed by atoms with E-state index in [4.69, 9.17) is 26.9 Å². The number of oxime groups is 3. The summed E-state index contributed by atoms with van der Waals surface area (Å²) in [6.45, 7) is 7.61. The number of hydrogen-bond acceptors (Lipinski definition) is 14. The van der Waals surface area contributed by atoms with Gasteiger partial charge in [0, 0.05) is 79.2 Å². The molecule has 3 fully saturated rings. The van der Waals surface area contributed by atoms with Crippen molar-refractivity contribution < 1.29 is 39.2 Å². The van der Waals surface area contributed by atoms with Gasteiger partial charge in [0.05, 0.1) is 24.5 Å². The van der Waals surface area contributed by atoms with Crippen molar-refractivity contribution in [3.05, 3.63) is 90.3 Å². The number of pyridine rings is 3. The monoisotopic (exact) mass is 977 g/mol. The zero-order valence-electron chi connectivity index (χ0n) is 37.9. The number of halogens is 1. The van der Waals surface area contributed by atoms with Gasteiger partial charge >= 0.3 is 0 Å². The molecule has 2 aliphatic carbocycles. The molecular formula is C50H73ClN10O8. The molecule has 4 atom stereocenters. The highest BCUT2D eigenvalue weighted by atomic mass is 35.5. The van der Waals surface area contributed by atoms with E-state index in [1.54, 1.807) is 61.3 Å². The summed E-state index contributed by atoms with van der Waals surface area (Å²) in [5.41, 5.74) is 1.20. The van der Waals surface area contributed by atoms with Crippen LogP contribution >= 0.6 is 11.6 Å². The van der Waals surface area contributed by atoms with Crippen molar-refractivity contribution in [3.8, 4) is 0 Å². The van der Waals surface area contributed by atoms with Gasteiger partial charge in [-0.2, -0.15) is 0 Å². The molecule has 5 N–H and O–H groups in total. The van der Waals surface area contributed by atoms with Gasteiger partial charge in [-0.3, -0.25) is 38.9 Å². The van der Waals surface area contributed by atoms with Crippen LogP contribution in [0, 0.1) is 11.3 Å². The van der Waals surface area contributed by atoms with Crippen molar-refractivity contribution >= 4 is 58.1 Å². The van der Waals surface area contributed by atoms with Gasteiger partial charge in [0.1, 0.15) is 12.1 Å². The minimum absolute atomic E-state index is 0. The fourth-order valence-corrected chi connectivity index (χ4v) is 8.15. The molecule has 1 saturated heterocycles. The first-order valence-electron chi connectivity index (χ1n) is 22.4. The van der Waals surface area contributed by atoms with Crippen LogP contribution in [0.5, 0.6) is 0 Å². The first kappa shape index (κ1) is 58.8. The molecule has 4 amide bonds. The molecule has 4 aliphatic rings. The molecule has 1 spiro atoms. The van der Waals surface area contributed by atoms with Gasteiger partial charge in [0.2, 0.25) is 23.5 Å². The van der Waals surface area contributed by atoms with Crippen molar-refractivity contribution in [2.75, 3.05) is 6.54 Å². The molecule has 0 bridgehead atoms. The molecule has 0 aromatic carbocycles. The van der Waals surface area contributed by atoms with Crippen LogP contribution in [-0.2, 0) is 28.8 Å². The van der Waals surface area contributed by atoms with E-state index in [9.17, 15) is 24.0 Å². The molecule has 69 heavy (non-hydrogen) atoms. The Hall–Kier alpha value is -6.30. The molecule has 0 radical (unpaired) electrons. The molecule has 2 saturated carbocycles. The average molecular weight is 978 g/mol. The van der Waals surface area contributed by atoms with E-state index in [2.05, 4.69) is 46.4 Å². The van der Waals surface area contributed by atoms with Crippen LogP contribution in [0.15, 0.2) is 89.0 Å². The van der Waals surface area contributed by atoms with E-state index in [0.29, 0.717) is 36.5 Å². The SMILES string of the molecule is C.C.C.CCC[C@H](NC(=O)[C@@H]1C[C@]2(CC(c3cccnc3)=NO2)CN1C(=O)[C@@H](NC(=O)CC1CCCCC1)C(C)(C)C)C(=O)C(=O)NC1CC1.O/N=C(/Cl)c1cccnc1.O/N=C\c1cccnc1. The summed E-state index contributed by atoms with van der Waals surface area (Å²) in [4.78, 5) is 86.9. The van der Waals surface area contributed by atoms with Crippen LogP contribution in [-0.4, -0.2) is 113 Å². The maximum Gasteiger partial charge on any atom is 0.289 e. The zero-order chi connectivity index (χ0) is 47.7. The Bertz CT molecular complexity index is 2180. The number of Topliss-reactive ketones (excluding diaryl/α,β-unsaturated/α-hetero) is 1. The molecule has 18 nitrogen and oxygen atoms in total. The molecule has 2 aliphatic heterocycles.